The molecule has 3 rings (SSSR count). The number of allylic oxidation sites excluding steroid dienone is 1. The molecule has 256 valence electrons. The van der Waals surface area contributed by atoms with E-state index in [-0.39, 0.29) is 37.7 Å². The molecule has 1 heterocycles. The van der Waals surface area contributed by atoms with Gasteiger partial charge in [0.15, 0.2) is 11.7 Å². The first-order valence-corrected chi connectivity index (χ1v) is 18.1. The zero-order valence-electron chi connectivity index (χ0n) is 29.8. The summed E-state index contributed by atoms with van der Waals surface area (Å²) < 4.78 is 38.4. The topological polar surface area (TPSA) is 72.1 Å². The van der Waals surface area contributed by atoms with E-state index in [1.807, 2.05) is 19.1 Å². The van der Waals surface area contributed by atoms with E-state index in [4.69, 9.17) is 10.1 Å². The molecule has 0 radical (unpaired) electrons. The Bertz CT molecular complexity index is 1710. The Morgan fingerprint density at radius 3 is 2.34 bits per heavy atom. The lowest BCUT2D eigenvalue weighted by Crippen LogP contribution is -2.40. The van der Waals surface area contributed by atoms with E-state index in [9.17, 15) is 9.65 Å². The van der Waals surface area contributed by atoms with Crippen LogP contribution in [0.3, 0.4) is 0 Å². The van der Waals surface area contributed by atoms with Crippen LogP contribution < -0.4 is 15.8 Å². The molecule has 2 aromatic carbocycles. The fourth-order valence-electron chi connectivity index (χ4n) is 6.37. The van der Waals surface area contributed by atoms with Gasteiger partial charge in [-0.1, -0.05) is 91.3 Å². The van der Waals surface area contributed by atoms with Crippen molar-refractivity contribution in [1.29, 1.82) is 10.7 Å². The molecule has 0 aromatic heterocycles. The monoisotopic (exact) mass is 664 g/mol. The summed E-state index contributed by atoms with van der Waals surface area (Å²) in [7, 11) is 0. The summed E-state index contributed by atoms with van der Waals surface area (Å²) in [6.45, 7) is 20.8. The Hall–Kier alpha value is -3.31. The number of fused-ring (bicyclic) bond motifs is 1. The van der Waals surface area contributed by atoms with Crippen molar-refractivity contribution in [2.24, 2.45) is 17.8 Å². The summed E-state index contributed by atoms with van der Waals surface area (Å²) in [5.74, 6) is 0.818. The predicted molar refractivity (Wildman–Crippen MR) is 193 cm³/mol. The number of thioether (sulfide) groups is 1. The van der Waals surface area contributed by atoms with Crippen molar-refractivity contribution in [3.8, 4) is 6.07 Å². The number of ether oxygens (including phenoxy) is 1. The zero-order valence-corrected chi connectivity index (χ0v) is 30.6. The van der Waals surface area contributed by atoms with Crippen molar-refractivity contribution >= 4 is 33.8 Å². The summed E-state index contributed by atoms with van der Waals surface area (Å²) in [6.07, 6.45) is 7.89. The fourth-order valence-corrected chi connectivity index (χ4v) is 7.31. The molecule has 0 aliphatic carbocycles. The minimum atomic E-state index is -0.526. The molecule has 8 heteroatoms. The minimum absolute atomic E-state index is 0.0350. The van der Waals surface area contributed by atoms with Crippen LogP contribution in [0.25, 0.3) is 11.3 Å². The van der Waals surface area contributed by atoms with E-state index in [0.29, 0.717) is 41.9 Å². The number of anilines is 1. The molecule has 3 atom stereocenters. The summed E-state index contributed by atoms with van der Waals surface area (Å²) in [5.41, 5.74) is 1.31. The van der Waals surface area contributed by atoms with Crippen molar-refractivity contribution in [1.82, 2.24) is 4.90 Å². The first-order valence-electron chi connectivity index (χ1n) is 17.3. The minimum Gasteiger partial charge on any atom is -0.479 e. The number of halogens is 2. The van der Waals surface area contributed by atoms with Crippen LogP contribution in [0.2, 0.25) is 0 Å². The molecule has 2 aromatic rings. The number of benzene rings is 2. The molecule has 5 nitrogen and oxygen atoms in total. The first-order chi connectivity index (χ1) is 22.4. The molecule has 47 heavy (non-hydrogen) atoms. The van der Waals surface area contributed by atoms with Gasteiger partial charge in [-0.05, 0) is 74.6 Å². The van der Waals surface area contributed by atoms with Crippen LogP contribution in [0.5, 0.6) is 0 Å². The highest BCUT2D eigenvalue weighted by Crippen LogP contribution is 2.30. The molecule has 0 fully saturated rings. The van der Waals surface area contributed by atoms with Crippen LogP contribution in [0.4, 0.5) is 14.5 Å². The molecule has 3 unspecified atom stereocenters. The Balaban J connectivity index is 2.43. The second kappa shape index (κ2) is 17.7. The first kappa shape index (κ1) is 38.1. The number of rotatable bonds is 16. The van der Waals surface area contributed by atoms with E-state index in [0.717, 1.165) is 61.3 Å². The van der Waals surface area contributed by atoms with Crippen molar-refractivity contribution in [3.05, 3.63) is 68.7 Å². The molecule has 2 N–H and O–H groups in total. The van der Waals surface area contributed by atoms with E-state index < -0.39 is 11.6 Å². The largest absolute Gasteiger partial charge is 0.479 e. The van der Waals surface area contributed by atoms with E-state index in [1.54, 1.807) is 6.07 Å². The predicted octanol–water partition coefficient (Wildman–Crippen LogP) is 9.43. The van der Waals surface area contributed by atoms with Crippen LogP contribution in [0.15, 0.2) is 41.1 Å². The standard InChI is InChI=1S/C39H54F2N4OS/c1-10-14-25(7)23-46-34(15-11-2)44-37-28(27(9)45(13-4)33(26(8)12-3)21-16-24(5)6)17-18-30(36(37)41)29-19-20-32(40)38-35(29)31(22-42)39(43)47-38/h15,17-20,24-26,33,43-44H,10-14,16,21,23H2,1-9H3/b28-27+,30-29-,34-15-,43-39?. The quantitative estimate of drug-likeness (QED) is 0.175. The smallest absolute Gasteiger partial charge is 0.187 e. The molecule has 0 saturated heterocycles. The van der Waals surface area contributed by atoms with E-state index in [2.05, 4.69) is 71.7 Å². The van der Waals surface area contributed by atoms with Gasteiger partial charge in [0.1, 0.15) is 16.9 Å². The van der Waals surface area contributed by atoms with Gasteiger partial charge in [0.2, 0.25) is 0 Å². The molecule has 0 amide bonds. The van der Waals surface area contributed by atoms with Gasteiger partial charge in [0, 0.05) is 33.9 Å². The maximum atomic E-state index is 17.2. The summed E-state index contributed by atoms with van der Waals surface area (Å²) in [6, 6.07) is 8.79. The van der Waals surface area contributed by atoms with Gasteiger partial charge in [0.05, 0.1) is 22.8 Å². The van der Waals surface area contributed by atoms with Gasteiger partial charge in [-0.15, -0.1) is 0 Å². The highest BCUT2D eigenvalue weighted by molar-refractivity contribution is 8.15. The lowest BCUT2D eigenvalue weighted by atomic mass is 9.90. The lowest BCUT2D eigenvalue weighted by Gasteiger charge is -2.38. The van der Waals surface area contributed by atoms with Gasteiger partial charge in [-0.25, -0.2) is 8.78 Å². The number of nitrogens with zero attached hydrogens (tertiary/aromatic N) is 2. The summed E-state index contributed by atoms with van der Waals surface area (Å²) in [5, 5.41) is 23.1. The third kappa shape index (κ3) is 8.99. The van der Waals surface area contributed by atoms with Gasteiger partial charge in [-0.3, -0.25) is 5.41 Å². The molecular formula is C39H54F2N4OS. The third-order valence-electron chi connectivity index (χ3n) is 9.18. The number of hydrogen-bond donors (Lipinski definition) is 2. The Kier molecular flexibility index (Phi) is 14.4. The van der Waals surface area contributed by atoms with Gasteiger partial charge >= 0.3 is 0 Å². The van der Waals surface area contributed by atoms with Crippen molar-refractivity contribution in [2.45, 2.75) is 112 Å². The fraction of sp³-hybridized carbons (Fsp3) is 0.538. The van der Waals surface area contributed by atoms with Crippen LogP contribution >= 0.6 is 11.8 Å². The Labute approximate surface area is 285 Å². The molecule has 0 spiro atoms. The summed E-state index contributed by atoms with van der Waals surface area (Å²) in [4.78, 5) is 2.60. The van der Waals surface area contributed by atoms with Crippen molar-refractivity contribution < 1.29 is 13.5 Å². The zero-order chi connectivity index (χ0) is 34.8. The van der Waals surface area contributed by atoms with E-state index >= 15 is 4.39 Å². The average Bonchev–Trinajstić information content (AvgIpc) is 3.39. The van der Waals surface area contributed by atoms with Crippen molar-refractivity contribution in [2.75, 3.05) is 18.5 Å². The lowest BCUT2D eigenvalue weighted by molar-refractivity contribution is 0.170. The second-order valence-electron chi connectivity index (χ2n) is 13.2. The SMILES string of the molecule is CC/C=C(/Nc1c(F)/c(=c2/ccc(F)c3c2=C(C#N)C(=N)S3)cc/c1=C(/C)N(CC)C(CCC(C)C)C(C)CC)OCC(C)CCC. The molecular weight excluding hydrogens is 611 g/mol. The number of nitriles is 1. The third-order valence-corrected chi connectivity index (χ3v) is 10.2. The molecule has 1 aliphatic heterocycles. The van der Waals surface area contributed by atoms with Crippen LogP contribution in [-0.4, -0.2) is 29.1 Å². The second-order valence-corrected chi connectivity index (χ2v) is 14.2. The highest BCUT2D eigenvalue weighted by Gasteiger charge is 2.26. The van der Waals surface area contributed by atoms with E-state index in [1.165, 1.54) is 12.1 Å². The van der Waals surface area contributed by atoms with Gasteiger partial charge < -0.3 is 15.0 Å². The van der Waals surface area contributed by atoms with Crippen LogP contribution in [0, 0.1) is 56.6 Å². The maximum absolute atomic E-state index is 17.2. The number of hydrogen-bond acceptors (Lipinski definition) is 6. The van der Waals surface area contributed by atoms with Crippen LogP contribution in [0.1, 0.15) is 101 Å². The van der Waals surface area contributed by atoms with Crippen molar-refractivity contribution in [3.63, 3.8) is 0 Å². The Morgan fingerprint density at radius 1 is 1.04 bits per heavy atom. The normalized spacial score (nSPS) is 16.4. The average molecular weight is 665 g/mol. The molecule has 0 saturated carbocycles. The maximum Gasteiger partial charge on any atom is 0.187 e. The highest BCUT2D eigenvalue weighted by atomic mass is 32.2. The Morgan fingerprint density at radius 2 is 1.74 bits per heavy atom. The molecule has 1 aliphatic rings. The molecule has 0 bridgehead atoms. The van der Waals surface area contributed by atoms with Gasteiger partial charge in [-0.2, -0.15) is 5.26 Å². The summed E-state index contributed by atoms with van der Waals surface area (Å²) >= 11 is 0.900. The van der Waals surface area contributed by atoms with Gasteiger partial charge in [0.25, 0.3) is 0 Å². The number of nitrogens with one attached hydrogen (secondary N) is 2. The van der Waals surface area contributed by atoms with Crippen LogP contribution in [-0.2, 0) is 4.74 Å².